The fourth-order valence-corrected chi connectivity index (χ4v) is 1.99. The van der Waals surface area contributed by atoms with Gasteiger partial charge in [0.2, 0.25) is 0 Å². The molecule has 4 heteroatoms. The molecule has 18 heavy (non-hydrogen) atoms. The SMILES string of the molecule is CC(C)C(=O)c1c(O)c2ccccc2n(C)c1=O. The van der Waals surface area contributed by atoms with E-state index in [-0.39, 0.29) is 23.0 Å². The van der Waals surface area contributed by atoms with Crippen LogP contribution in [-0.2, 0) is 7.05 Å². The highest BCUT2D eigenvalue weighted by molar-refractivity contribution is 6.04. The van der Waals surface area contributed by atoms with Crippen molar-refractivity contribution >= 4 is 16.7 Å². The smallest absolute Gasteiger partial charge is 0.265 e. The molecule has 0 atom stereocenters. The summed E-state index contributed by atoms with van der Waals surface area (Å²) in [7, 11) is 1.60. The fraction of sp³-hybridized carbons (Fsp3) is 0.286. The van der Waals surface area contributed by atoms with Crippen LogP contribution in [0.25, 0.3) is 10.9 Å². The van der Waals surface area contributed by atoms with Crippen molar-refractivity contribution in [1.29, 1.82) is 0 Å². The highest BCUT2D eigenvalue weighted by atomic mass is 16.3. The molecular formula is C14H15NO3. The molecule has 2 rings (SSSR count). The van der Waals surface area contributed by atoms with Crippen LogP contribution < -0.4 is 5.56 Å². The Labute approximate surface area is 104 Å². The average Bonchev–Trinajstić information content (AvgIpc) is 2.36. The van der Waals surface area contributed by atoms with Crippen LogP contribution in [0.15, 0.2) is 29.1 Å². The maximum atomic E-state index is 12.1. The molecule has 0 fully saturated rings. The summed E-state index contributed by atoms with van der Waals surface area (Å²) in [5.74, 6) is -0.879. The molecule has 0 amide bonds. The van der Waals surface area contributed by atoms with Gasteiger partial charge in [-0.2, -0.15) is 0 Å². The third-order valence-corrected chi connectivity index (χ3v) is 3.05. The molecule has 1 aromatic heterocycles. The standard InChI is InChI=1S/C14H15NO3/c1-8(2)12(16)11-13(17)9-6-4-5-7-10(9)15(3)14(11)18/h4-8,17H,1-3H3. The number of nitrogens with zero attached hydrogens (tertiary/aromatic N) is 1. The van der Waals surface area contributed by atoms with Gasteiger partial charge in [0.1, 0.15) is 11.3 Å². The van der Waals surface area contributed by atoms with Crippen molar-refractivity contribution in [1.82, 2.24) is 4.57 Å². The van der Waals surface area contributed by atoms with E-state index >= 15 is 0 Å². The Kier molecular flexibility index (Phi) is 2.95. The number of aryl methyl sites for hydroxylation is 1. The topological polar surface area (TPSA) is 59.3 Å². The molecule has 0 bridgehead atoms. The number of pyridine rings is 1. The highest BCUT2D eigenvalue weighted by Gasteiger charge is 2.22. The lowest BCUT2D eigenvalue weighted by Gasteiger charge is -2.12. The van der Waals surface area contributed by atoms with Crippen LogP contribution in [0.4, 0.5) is 0 Å². The summed E-state index contributed by atoms with van der Waals surface area (Å²) in [6.45, 7) is 3.41. The Balaban J connectivity index is 2.92. The highest BCUT2D eigenvalue weighted by Crippen LogP contribution is 2.27. The van der Waals surface area contributed by atoms with Gasteiger partial charge in [-0.15, -0.1) is 0 Å². The van der Waals surface area contributed by atoms with E-state index in [1.165, 1.54) is 4.57 Å². The zero-order chi connectivity index (χ0) is 13.4. The molecule has 0 radical (unpaired) electrons. The number of benzene rings is 1. The van der Waals surface area contributed by atoms with Crippen LogP contribution in [0, 0.1) is 5.92 Å². The lowest BCUT2D eigenvalue weighted by atomic mass is 9.99. The number of para-hydroxylation sites is 1. The van der Waals surface area contributed by atoms with Gasteiger partial charge >= 0.3 is 0 Å². The second-order valence-electron chi connectivity index (χ2n) is 4.62. The van der Waals surface area contributed by atoms with E-state index in [1.807, 2.05) is 0 Å². The normalized spacial score (nSPS) is 11.1. The first-order valence-corrected chi connectivity index (χ1v) is 5.80. The summed E-state index contributed by atoms with van der Waals surface area (Å²) in [6, 6.07) is 6.97. The van der Waals surface area contributed by atoms with Gasteiger partial charge in [0.25, 0.3) is 5.56 Å². The third-order valence-electron chi connectivity index (χ3n) is 3.05. The van der Waals surface area contributed by atoms with E-state index < -0.39 is 5.56 Å². The summed E-state index contributed by atoms with van der Waals surface area (Å²) < 4.78 is 1.39. The number of fused-ring (bicyclic) bond motifs is 1. The van der Waals surface area contributed by atoms with Crippen molar-refractivity contribution < 1.29 is 9.90 Å². The summed E-state index contributed by atoms with van der Waals surface area (Å²) in [5.41, 5.74) is 0.0383. The van der Waals surface area contributed by atoms with E-state index in [4.69, 9.17) is 0 Å². The maximum absolute atomic E-state index is 12.1. The van der Waals surface area contributed by atoms with Gasteiger partial charge in [0.05, 0.1) is 5.52 Å². The van der Waals surface area contributed by atoms with Crippen molar-refractivity contribution in [2.75, 3.05) is 0 Å². The number of Topliss-reactive ketones (excluding diaryl/α,β-unsaturated/α-hetero) is 1. The Hall–Kier alpha value is -2.10. The molecule has 0 aliphatic heterocycles. The van der Waals surface area contributed by atoms with Gasteiger partial charge < -0.3 is 9.67 Å². The monoisotopic (exact) mass is 245 g/mol. The molecular weight excluding hydrogens is 230 g/mol. The van der Waals surface area contributed by atoms with Crippen LogP contribution in [0.3, 0.4) is 0 Å². The molecule has 0 aliphatic rings. The van der Waals surface area contributed by atoms with E-state index in [2.05, 4.69) is 0 Å². The molecule has 0 unspecified atom stereocenters. The summed E-state index contributed by atoms with van der Waals surface area (Å²) in [5, 5.41) is 10.7. The van der Waals surface area contributed by atoms with E-state index in [1.54, 1.807) is 45.2 Å². The fourth-order valence-electron chi connectivity index (χ4n) is 1.99. The number of aromatic nitrogens is 1. The molecule has 4 nitrogen and oxygen atoms in total. The average molecular weight is 245 g/mol. The lowest BCUT2D eigenvalue weighted by Crippen LogP contribution is -2.26. The molecule has 0 saturated carbocycles. The molecule has 0 aliphatic carbocycles. The van der Waals surface area contributed by atoms with Crippen LogP contribution in [0.5, 0.6) is 5.75 Å². The summed E-state index contributed by atoms with van der Waals surface area (Å²) in [6.07, 6.45) is 0. The van der Waals surface area contributed by atoms with Gasteiger partial charge in [-0.1, -0.05) is 26.0 Å². The Morgan fingerprint density at radius 2 is 1.89 bits per heavy atom. The number of hydrogen-bond acceptors (Lipinski definition) is 3. The molecule has 2 aromatic rings. The minimum Gasteiger partial charge on any atom is -0.506 e. The summed E-state index contributed by atoms with van der Waals surface area (Å²) in [4.78, 5) is 24.1. The van der Waals surface area contributed by atoms with Crippen LogP contribution >= 0.6 is 0 Å². The van der Waals surface area contributed by atoms with Crippen LogP contribution in [0.1, 0.15) is 24.2 Å². The first-order chi connectivity index (χ1) is 8.45. The molecule has 1 heterocycles. The number of ketones is 1. The van der Waals surface area contributed by atoms with Crippen molar-refractivity contribution in [3.8, 4) is 5.75 Å². The Bertz CT molecular complexity index is 683. The van der Waals surface area contributed by atoms with Crippen LogP contribution in [0.2, 0.25) is 0 Å². The molecule has 1 aromatic carbocycles. The van der Waals surface area contributed by atoms with Crippen molar-refractivity contribution in [2.24, 2.45) is 13.0 Å². The number of carbonyl (C=O) groups excluding carboxylic acids is 1. The number of aromatic hydroxyl groups is 1. The van der Waals surface area contributed by atoms with Crippen molar-refractivity contribution in [3.63, 3.8) is 0 Å². The predicted octanol–water partition coefficient (Wildman–Crippen LogP) is 2.08. The zero-order valence-electron chi connectivity index (χ0n) is 10.6. The predicted molar refractivity (Wildman–Crippen MR) is 70.0 cm³/mol. The van der Waals surface area contributed by atoms with Gasteiger partial charge in [0, 0.05) is 18.4 Å². The number of hydrogen-bond donors (Lipinski definition) is 1. The largest absolute Gasteiger partial charge is 0.506 e. The second kappa shape index (κ2) is 4.29. The van der Waals surface area contributed by atoms with Crippen molar-refractivity contribution in [2.45, 2.75) is 13.8 Å². The Morgan fingerprint density at radius 1 is 1.28 bits per heavy atom. The van der Waals surface area contributed by atoms with Crippen LogP contribution in [-0.4, -0.2) is 15.5 Å². The molecule has 0 saturated heterocycles. The van der Waals surface area contributed by atoms with Gasteiger partial charge in [-0.3, -0.25) is 9.59 Å². The number of carbonyl (C=O) groups is 1. The Morgan fingerprint density at radius 3 is 2.50 bits per heavy atom. The van der Waals surface area contributed by atoms with E-state index in [0.29, 0.717) is 10.9 Å². The summed E-state index contributed by atoms with van der Waals surface area (Å²) >= 11 is 0. The van der Waals surface area contributed by atoms with Gasteiger partial charge in [0.15, 0.2) is 5.78 Å². The first-order valence-electron chi connectivity index (χ1n) is 5.80. The third kappa shape index (κ3) is 1.70. The molecule has 1 N–H and O–H groups in total. The lowest BCUT2D eigenvalue weighted by molar-refractivity contribution is 0.0935. The quantitative estimate of drug-likeness (QED) is 0.824. The first kappa shape index (κ1) is 12.4. The van der Waals surface area contributed by atoms with Gasteiger partial charge in [-0.25, -0.2) is 0 Å². The minimum absolute atomic E-state index is 0.119. The zero-order valence-corrected chi connectivity index (χ0v) is 10.6. The maximum Gasteiger partial charge on any atom is 0.265 e. The van der Waals surface area contributed by atoms with E-state index in [9.17, 15) is 14.7 Å². The minimum atomic E-state index is -0.454. The van der Waals surface area contributed by atoms with Crippen molar-refractivity contribution in [3.05, 3.63) is 40.2 Å². The number of rotatable bonds is 2. The molecule has 94 valence electrons. The van der Waals surface area contributed by atoms with Gasteiger partial charge in [-0.05, 0) is 12.1 Å². The molecule has 0 spiro atoms. The second-order valence-corrected chi connectivity index (χ2v) is 4.62. The van der Waals surface area contributed by atoms with E-state index in [0.717, 1.165) is 0 Å².